The number of benzene rings is 2. The van der Waals surface area contributed by atoms with Crippen LogP contribution in [0.3, 0.4) is 0 Å². The molecule has 0 unspecified atom stereocenters. The van der Waals surface area contributed by atoms with Gasteiger partial charge in [-0.05, 0) is 63.6 Å². The van der Waals surface area contributed by atoms with E-state index in [4.69, 9.17) is 34.4 Å². The van der Waals surface area contributed by atoms with Gasteiger partial charge in [-0.3, -0.25) is 14.5 Å². The third-order valence-electron chi connectivity index (χ3n) is 3.77. The summed E-state index contributed by atoms with van der Waals surface area (Å²) in [5, 5.41) is 0.724. The van der Waals surface area contributed by atoms with Gasteiger partial charge in [-0.25, -0.2) is 0 Å². The van der Waals surface area contributed by atoms with Gasteiger partial charge in [0.2, 0.25) is 0 Å². The summed E-state index contributed by atoms with van der Waals surface area (Å²) in [5.41, 5.74) is 1.55. The van der Waals surface area contributed by atoms with Crippen molar-refractivity contribution in [1.82, 2.24) is 4.90 Å². The predicted octanol–water partition coefficient (Wildman–Crippen LogP) is 6.00. The molecule has 1 saturated heterocycles. The Morgan fingerprint density at radius 3 is 2.68 bits per heavy atom. The maximum atomic E-state index is 12.2. The van der Waals surface area contributed by atoms with Gasteiger partial charge in [-0.1, -0.05) is 41.3 Å². The van der Waals surface area contributed by atoms with Gasteiger partial charge in [-0.2, -0.15) is 0 Å². The molecule has 0 atom stereocenters. The molecular formula is C20H12BrCl2NO3S. The summed E-state index contributed by atoms with van der Waals surface area (Å²) in [5.74, 6) is 2.54. The number of ether oxygens (including phenoxy) is 1. The van der Waals surface area contributed by atoms with Crippen LogP contribution in [0.1, 0.15) is 11.1 Å². The predicted molar refractivity (Wildman–Crippen MR) is 116 cm³/mol. The molecule has 2 amide bonds. The number of amides is 2. The van der Waals surface area contributed by atoms with Gasteiger partial charge >= 0.3 is 0 Å². The van der Waals surface area contributed by atoms with E-state index >= 15 is 0 Å². The maximum Gasteiger partial charge on any atom is 0.294 e. The van der Waals surface area contributed by atoms with E-state index in [2.05, 4.69) is 21.9 Å². The molecule has 4 nitrogen and oxygen atoms in total. The molecule has 8 heteroatoms. The van der Waals surface area contributed by atoms with Crippen molar-refractivity contribution in [2.24, 2.45) is 0 Å². The third-order valence-corrected chi connectivity index (χ3v) is 5.89. The first-order valence-electron chi connectivity index (χ1n) is 7.94. The zero-order chi connectivity index (χ0) is 20.3. The minimum atomic E-state index is -0.387. The number of terminal acetylenes is 1. The van der Waals surface area contributed by atoms with Crippen LogP contribution in [0.15, 0.2) is 45.8 Å². The summed E-state index contributed by atoms with van der Waals surface area (Å²) in [6.45, 7) is 0.241. The van der Waals surface area contributed by atoms with E-state index in [0.29, 0.717) is 25.2 Å². The Balaban J connectivity index is 1.73. The van der Waals surface area contributed by atoms with E-state index in [1.165, 1.54) is 0 Å². The first kappa shape index (κ1) is 20.8. The average molecular weight is 497 g/mol. The van der Waals surface area contributed by atoms with Gasteiger partial charge in [0.25, 0.3) is 11.1 Å². The van der Waals surface area contributed by atoms with E-state index in [1.807, 2.05) is 0 Å². The number of halogens is 3. The molecule has 0 aromatic heterocycles. The van der Waals surface area contributed by atoms with Crippen molar-refractivity contribution in [2.75, 3.05) is 6.54 Å². The molecule has 2 aromatic rings. The van der Waals surface area contributed by atoms with Crippen molar-refractivity contribution >= 4 is 68.1 Å². The smallest absolute Gasteiger partial charge is 0.294 e. The Hall–Kier alpha value is -1.91. The largest absolute Gasteiger partial charge is 0.488 e. The lowest BCUT2D eigenvalue weighted by Gasteiger charge is -2.10. The molecule has 0 bridgehead atoms. The number of hydrogen-bond donors (Lipinski definition) is 0. The van der Waals surface area contributed by atoms with Crippen molar-refractivity contribution in [3.8, 4) is 18.1 Å². The summed E-state index contributed by atoms with van der Waals surface area (Å²) in [6, 6.07) is 10.6. The van der Waals surface area contributed by atoms with Crippen LogP contribution < -0.4 is 4.74 Å². The highest BCUT2D eigenvalue weighted by molar-refractivity contribution is 9.10. The molecule has 0 saturated carbocycles. The Morgan fingerprint density at radius 1 is 1.21 bits per heavy atom. The van der Waals surface area contributed by atoms with Crippen molar-refractivity contribution in [2.45, 2.75) is 6.61 Å². The van der Waals surface area contributed by atoms with Crippen LogP contribution in [-0.2, 0) is 11.4 Å². The van der Waals surface area contributed by atoms with E-state index < -0.39 is 0 Å². The second-order valence-electron chi connectivity index (χ2n) is 5.69. The highest BCUT2D eigenvalue weighted by Crippen LogP contribution is 2.34. The molecule has 3 rings (SSSR count). The van der Waals surface area contributed by atoms with Gasteiger partial charge in [0.05, 0.1) is 15.9 Å². The minimum Gasteiger partial charge on any atom is -0.488 e. The Kier molecular flexibility index (Phi) is 6.73. The van der Waals surface area contributed by atoms with Crippen LogP contribution in [0.25, 0.3) is 6.08 Å². The minimum absolute atomic E-state index is 0.0360. The van der Waals surface area contributed by atoms with Crippen LogP contribution in [0.4, 0.5) is 4.79 Å². The lowest BCUT2D eigenvalue weighted by Crippen LogP contribution is -2.28. The molecule has 0 spiro atoms. The van der Waals surface area contributed by atoms with E-state index in [0.717, 1.165) is 27.8 Å². The van der Waals surface area contributed by atoms with Crippen LogP contribution in [0, 0.1) is 12.3 Å². The quantitative estimate of drug-likeness (QED) is 0.376. The van der Waals surface area contributed by atoms with Gasteiger partial charge < -0.3 is 4.74 Å². The normalized spacial score (nSPS) is 15.2. The molecule has 28 heavy (non-hydrogen) atoms. The fourth-order valence-corrected chi connectivity index (χ4v) is 4.21. The summed E-state index contributed by atoms with van der Waals surface area (Å²) >= 11 is 16.4. The highest BCUT2D eigenvalue weighted by Gasteiger charge is 2.34. The number of hydrogen-bond acceptors (Lipinski definition) is 4. The maximum absolute atomic E-state index is 12.2. The fourth-order valence-electron chi connectivity index (χ4n) is 2.40. The van der Waals surface area contributed by atoms with Gasteiger partial charge in [0, 0.05) is 15.6 Å². The molecule has 1 aliphatic rings. The SMILES string of the molecule is C#CCN1C(=O)S/C(=C/c2ccc(OCc3ccc(Cl)cc3Cl)c(Br)c2)C1=O. The summed E-state index contributed by atoms with van der Waals surface area (Å²) < 4.78 is 6.51. The third kappa shape index (κ3) is 4.73. The highest BCUT2D eigenvalue weighted by atomic mass is 79.9. The molecule has 0 aliphatic carbocycles. The number of rotatable bonds is 5. The zero-order valence-electron chi connectivity index (χ0n) is 14.2. The van der Waals surface area contributed by atoms with Crippen LogP contribution >= 0.6 is 50.9 Å². The first-order chi connectivity index (χ1) is 13.4. The lowest BCUT2D eigenvalue weighted by atomic mass is 10.2. The Morgan fingerprint density at radius 2 is 2.00 bits per heavy atom. The molecular weight excluding hydrogens is 485 g/mol. The average Bonchev–Trinajstić information content (AvgIpc) is 2.90. The molecule has 142 valence electrons. The van der Waals surface area contributed by atoms with Crippen molar-refractivity contribution in [3.63, 3.8) is 0 Å². The van der Waals surface area contributed by atoms with Crippen molar-refractivity contribution in [3.05, 3.63) is 66.9 Å². The number of imide groups is 1. The fraction of sp³-hybridized carbons (Fsp3) is 0.100. The molecule has 2 aromatic carbocycles. The second kappa shape index (κ2) is 9.06. The van der Waals surface area contributed by atoms with Crippen LogP contribution in [-0.4, -0.2) is 22.6 Å². The molecule has 1 fully saturated rings. The van der Waals surface area contributed by atoms with Crippen molar-refractivity contribution < 1.29 is 14.3 Å². The van der Waals surface area contributed by atoms with Crippen LogP contribution in [0.2, 0.25) is 10.0 Å². The van der Waals surface area contributed by atoms with Gasteiger partial charge in [0.15, 0.2) is 0 Å². The topological polar surface area (TPSA) is 46.6 Å². The number of carbonyl (C=O) groups is 2. The summed E-state index contributed by atoms with van der Waals surface area (Å²) in [6.07, 6.45) is 6.84. The number of nitrogens with zero attached hydrogens (tertiary/aromatic N) is 1. The van der Waals surface area contributed by atoms with Gasteiger partial charge in [-0.15, -0.1) is 6.42 Å². The molecule has 1 aliphatic heterocycles. The number of carbonyl (C=O) groups excluding carboxylic acids is 2. The molecule has 1 heterocycles. The first-order valence-corrected chi connectivity index (χ1v) is 10.3. The summed E-state index contributed by atoms with van der Waals surface area (Å²) in [7, 11) is 0. The Labute approximate surface area is 185 Å². The standard InChI is InChI=1S/C20H12BrCl2NO3S/c1-2-7-24-19(25)18(28-20(24)26)9-12-3-6-17(15(21)8-12)27-11-13-4-5-14(22)10-16(13)23/h1,3-6,8-10H,7,11H2/b18-9+. The van der Waals surface area contributed by atoms with Crippen molar-refractivity contribution in [1.29, 1.82) is 0 Å². The van der Waals surface area contributed by atoms with Gasteiger partial charge in [0.1, 0.15) is 12.4 Å². The Bertz CT molecular complexity index is 1030. The summed E-state index contributed by atoms with van der Waals surface area (Å²) in [4.78, 5) is 25.5. The monoisotopic (exact) mass is 495 g/mol. The van der Waals surface area contributed by atoms with E-state index in [9.17, 15) is 9.59 Å². The zero-order valence-corrected chi connectivity index (χ0v) is 18.2. The van der Waals surface area contributed by atoms with E-state index in [-0.39, 0.29) is 24.3 Å². The number of thioether (sulfide) groups is 1. The van der Waals surface area contributed by atoms with E-state index in [1.54, 1.807) is 42.5 Å². The van der Waals surface area contributed by atoms with Crippen LogP contribution in [0.5, 0.6) is 5.75 Å². The second-order valence-corrected chi connectivity index (χ2v) is 8.38. The molecule has 0 N–H and O–H groups in total. The lowest BCUT2D eigenvalue weighted by molar-refractivity contribution is -0.122. The molecule has 0 radical (unpaired) electrons.